The van der Waals surface area contributed by atoms with Gasteiger partial charge in [0.1, 0.15) is 12.3 Å². The zero-order valence-corrected chi connectivity index (χ0v) is 7.05. The van der Waals surface area contributed by atoms with E-state index in [-0.39, 0.29) is 11.8 Å². The molecule has 0 saturated heterocycles. The summed E-state index contributed by atoms with van der Waals surface area (Å²) in [4.78, 5) is 0. The summed E-state index contributed by atoms with van der Waals surface area (Å²) in [5.74, 6) is -1.92. The lowest BCUT2D eigenvalue weighted by Crippen LogP contribution is -2.28. The van der Waals surface area contributed by atoms with E-state index in [1.807, 2.05) is 6.92 Å². The molecule has 0 fully saturated rings. The van der Waals surface area contributed by atoms with Gasteiger partial charge in [-0.25, -0.2) is 4.39 Å². The van der Waals surface area contributed by atoms with Gasteiger partial charge in [0.05, 0.1) is 6.04 Å². The van der Waals surface area contributed by atoms with Crippen molar-refractivity contribution in [2.45, 2.75) is 13.0 Å². The molecule has 0 bridgehead atoms. The molecule has 2 rings (SSSR count). The van der Waals surface area contributed by atoms with Crippen LogP contribution >= 0.6 is 0 Å². The highest BCUT2D eigenvalue weighted by atomic mass is 19.2. The van der Waals surface area contributed by atoms with E-state index in [0.29, 0.717) is 12.3 Å². The minimum Gasteiger partial charge on any atom is -0.486 e. The molecule has 0 N–H and O–H groups in total. The highest BCUT2D eigenvalue weighted by Crippen LogP contribution is 2.32. The van der Waals surface area contributed by atoms with Crippen molar-refractivity contribution < 1.29 is 13.5 Å². The van der Waals surface area contributed by atoms with E-state index in [0.717, 1.165) is 6.07 Å². The molecule has 69 valence electrons. The molecule has 1 radical (unpaired) electrons. The van der Waals surface area contributed by atoms with Gasteiger partial charge in [-0.15, -0.1) is 0 Å². The third-order valence-corrected chi connectivity index (χ3v) is 1.86. The normalized spacial score (nSPS) is 20.1. The van der Waals surface area contributed by atoms with Gasteiger partial charge in [0.25, 0.3) is 0 Å². The lowest BCUT2D eigenvalue weighted by atomic mass is 10.2. The van der Waals surface area contributed by atoms with Gasteiger partial charge < -0.3 is 4.74 Å². The summed E-state index contributed by atoms with van der Waals surface area (Å²) >= 11 is 0. The maximum atomic E-state index is 13.1. The number of nitrogens with zero attached hydrogens (tertiary/aromatic N) is 1. The number of rotatable bonds is 0. The van der Waals surface area contributed by atoms with E-state index < -0.39 is 11.6 Å². The molecule has 0 aliphatic carbocycles. The van der Waals surface area contributed by atoms with Crippen molar-refractivity contribution >= 4 is 5.69 Å². The zero-order chi connectivity index (χ0) is 9.42. The maximum Gasteiger partial charge on any atom is 0.202 e. The van der Waals surface area contributed by atoms with Crippen molar-refractivity contribution in [3.63, 3.8) is 0 Å². The lowest BCUT2D eigenvalue weighted by Gasteiger charge is -2.22. The van der Waals surface area contributed by atoms with Gasteiger partial charge in [0.15, 0.2) is 11.6 Å². The Balaban J connectivity index is 2.47. The van der Waals surface area contributed by atoms with E-state index >= 15 is 0 Å². The molecule has 2 nitrogen and oxygen atoms in total. The highest BCUT2D eigenvalue weighted by Gasteiger charge is 2.22. The second kappa shape index (κ2) is 2.87. The number of fused-ring (bicyclic) bond motifs is 1. The van der Waals surface area contributed by atoms with Gasteiger partial charge in [-0.2, -0.15) is 4.39 Å². The number of ether oxygens (including phenoxy) is 1. The Morgan fingerprint density at radius 1 is 1.46 bits per heavy atom. The van der Waals surface area contributed by atoms with Crippen LogP contribution in [0.25, 0.3) is 0 Å². The van der Waals surface area contributed by atoms with E-state index in [9.17, 15) is 8.78 Å². The smallest absolute Gasteiger partial charge is 0.202 e. The minimum absolute atomic E-state index is 0.00244. The van der Waals surface area contributed by atoms with E-state index in [2.05, 4.69) is 5.32 Å². The van der Waals surface area contributed by atoms with Crippen molar-refractivity contribution in [2.75, 3.05) is 6.61 Å². The minimum atomic E-state index is -0.951. The van der Waals surface area contributed by atoms with E-state index in [1.165, 1.54) is 6.07 Å². The van der Waals surface area contributed by atoms with Gasteiger partial charge >= 0.3 is 0 Å². The Bertz CT molecular complexity index is 341. The average molecular weight is 184 g/mol. The molecule has 0 amide bonds. The molecule has 4 heteroatoms. The lowest BCUT2D eigenvalue weighted by molar-refractivity contribution is 0.245. The predicted molar refractivity (Wildman–Crippen MR) is 43.1 cm³/mol. The Kier molecular flexibility index (Phi) is 1.83. The molecule has 1 aliphatic rings. The molecule has 0 spiro atoms. The van der Waals surface area contributed by atoms with Crippen LogP contribution in [0.2, 0.25) is 0 Å². The third-order valence-electron chi connectivity index (χ3n) is 1.86. The fourth-order valence-corrected chi connectivity index (χ4v) is 1.24. The van der Waals surface area contributed by atoms with Crippen LogP contribution < -0.4 is 10.1 Å². The molecule has 0 unspecified atom stereocenters. The van der Waals surface area contributed by atoms with Gasteiger partial charge in [-0.1, -0.05) is 0 Å². The van der Waals surface area contributed by atoms with Crippen LogP contribution in [0.3, 0.4) is 0 Å². The van der Waals surface area contributed by atoms with Gasteiger partial charge in [0, 0.05) is 0 Å². The molecule has 1 aromatic rings. The third kappa shape index (κ3) is 1.32. The molecular formula is C9H8F2NO. The van der Waals surface area contributed by atoms with Crippen LogP contribution in [0.4, 0.5) is 14.5 Å². The van der Waals surface area contributed by atoms with Crippen molar-refractivity contribution in [1.29, 1.82) is 0 Å². The molecular weight excluding hydrogens is 176 g/mol. The van der Waals surface area contributed by atoms with E-state index in [4.69, 9.17) is 4.74 Å². The summed E-state index contributed by atoms with van der Waals surface area (Å²) < 4.78 is 30.8. The Labute approximate surface area is 74.5 Å². The maximum absolute atomic E-state index is 13.1. The fourth-order valence-electron chi connectivity index (χ4n) is 1.24. The monoisotopic (exact) mass is 184 g/mol. The standard InChI is InChI=1S/C9H8F2NO/c1-5-4-13-9-7(12-5)3-2-6(10)8(9)11/h2-3,5H,4H2,1H3/t5-/m0/s1. The predicted octanol–water partition coefficient (Wildman–Crippen LogP) is 1.98. The number of halogens is 2. The number of hydrogen-bond donors (Lipinski definition) is 0. The molecule has 13 heavy (non-hydrogen) atoms. The molecule has 1 aliphatic heterocycles. The first-order valence-corrected chi connectivity index (χ1v) is 4.00. The summed E-state index contributed by atoms with van der Waals surface area (Å²) in [6.07, 6.45) is 0. The quantitative estimate of drug-likeness (QED) is 0.604. The van der Waals surface area contributed by atoms with Crippen molar-refractivity contribution in [3.05, 3.63) is 23.8 Å². The first-order valence-electron chi connectivity index (χ1n) is 4.00. The van der Waals surface area contributed by atoms with Crippen molar-refractivity contribution in [2.24, 2.45) is 0 Å². The van der Waals surface area contributed by atoms with Gasteiger partial charge in [-0.3, -0.25) is 5.32 Å². The summed E-state index contributed by atoms with van der Waals surface area (Å²) in [6.45, 7) is 2.15. The van der Waals surface area contributed by atoms with Crippen molar-refractivity contribution in [3.8, 4) is 5.75 Å². The highest BCUT2D eigenvalue weighted by molar-refractivity contribution is 5.53. The zero-order valence-electron chi connectivity index (χ0n) is 7.05. The molecule has 0 saturated carbocycles. The SMILES string of the molecule is C[C@H]1COc2c(ccc(F)c2F)[N]1. The number of hydrogen-bond acceptors (Lipinski definition) is 1. The number of benzene rings is 1. The largest absolute Gasteiger partial charge is 0.486 e. The fraction of sp³-hybridized carbons (Fsp3) is 0.333. The first kappa shape index (κ1) is 8.29. The Hall–Kier alpha value is -1.32. The van der Waals surface area contributed by atoms with Gasteiger partial charge in [-0.05, 0) is 19.1 Å². The van der Waals surface area contributed by atoms with Crippen LogP contribution in [-0.4, -0.2) is 12.6 Å². The average Bonchev–Trinajstić information content (AvgIpc) is 2.12. The second-order valence-corrected chi connectivity index (χ2v) is 3.00. The van der Waals surface area contributed by atoms with Crippen LogP contribution in [0.15, 0.2) is 12.1 Å². The molecule has 1 atom stereocenters. The van der Waals surface area contributed by atoms with E-state index in [1.54, 1.807) is 0 Å². The first-order chi connectivity index (χ1) is 6.18. The summed E-state index contributed by atoms with van der Waals surface area (Å²) in [5.41, 5.74) is 0.387. The summed E-state index contributed by atoms with van der Waals surface area (Å²) in [6, 6.07) is 2.47. The topological polar surface area (TPSA) is 23.3 Å². The Morgan fingerprint density at radius 3 is 3.00 bits per heavy atom. The van der Waals surface area contributed by atoms with Crippen LogP contribution in [-0.2, 0) is 0 Å². The Morgan fingerprint density at radius 2 is 2.23 bits per heavy atom. The van der Waals surface area contributed by atoms with Crippen LogP contribution in [0.5, 0.6) is 5.75 Å². The van der Waals surface area contributed by atoms with Crippen LogP contribution in [0.1, 0.15) is 6.92 Å². The van der Waals surface area contributed by atoms with Crippen molar-refractivity contribution in [1.82, 2.24) is 5.32 Å². The summed E-state index contributed by atoms with van der Waals surface area (Å²) in [7, 11) is 0. The second-order valence-electron chi connectivity index (χ2n) is 3.00. The molecule has 1 heterocycles. The molecule has 0 aromatic heterocycles. The summed E-state index contributed by atoms with van der Waals surface area (Å²) in [5, 5.41) is 4.12. The van der Waals surface area contributed by atoms with Gasteiger partial charge in [0.2, 0.25) is 5.82 Å². The molecule has 1 aromatic carbocycles. The van der Waals surface area contributed by atoms with Crippen LogP contribution in [0, 0.1) is 11.6 Å².